The van der Waals surface area contributed by atoms with Crippen LogP contribution in [-0.2, 0) is 30.6 Å². The molecule has 1 N–H and O–H groups in total. The molecule has 0 radical (unpaired) electrons. The van der Waals surface area contributed by atoms with Crippen molar-refractivity contribution in [3.8, 4) is 5.75 Å². The molecule has 1 fully saturated rings. The fraction of sp³-hybridized carbons (Fsp3) is 0.500. The Kier molecular flexibility index (Phi) is 5.19. The summed E-state index contributed by atoms with van der Waals surface area (Å²) in [5, 5.41) is 3.13. The SMILES string of the molecule is O=C(COC(=O)[C@@H]1COc2ccc(Cl)cc2C1)N[C@H]1CCS(=O)(=O)C1. The second-order valence-corrected chi connectivity index (χ2v) is 8.90. The number of fused-ring (bicyclic) bond motifs is 1. The first kappa shape index (κ1) is 18.0. The number of hydrogen-bond donors (Lipinski definition) is 1. The summed E-state index contributed by atoms with van der Waals surface area (Å²) < 4.78 is 33.3. The molecule has 0 saturated carbocycles. The van der Waals surface area contributed by atoms with E-state index >= 15 is 0 Å². The zero-order valence-corrected chi connectivity index (χ0v) is 14.9. The van der Waals surface area contributed by atoms with Crippen LogP contribution in [0.1, 0.15) is 12.0 Å². The number of carbonyl (C=O) groups excluding carboxylic acids is 2. The molecule has 7 nitrogen and oxygen atoms in total. The van der Waals surface area contributed by atoms with Crippen LogP contribution in [0.2, 0.25) is 5.02 Å². The Balaban J connectivity index is 1.47. The molecule has 136 valence electrons. The largest absolute Gasteiger partial charge is 0.492 e. The van der Waals surface area contributed by atoms with E-state index in [0.29, 0.717) is 23.6 Å². The Morgan fingerprint density at radius 1 is 1.36 bits per heavy atom. The second kappa shape index (κ2) is 7.21. The van der Waals surface area contributed by atoms with Gasteiger partial charge in [0.25, 0.3) is 5.91 Å². The maximum Gasteiger partial charge on any atom is 0.313 e. The van der Waals surface area contributed by atoms with Gasteiger partial charge < -0.3 is 14.8 Å². The Morgan fingerprint density at radius 3 is 2.88 bits per heavy atom. The fourth-order valence-corrected chi connectivity index (χ4v) is 4.82. The maximum absolute atomic E-state index is 12.1. The smallest absolute Gasteiger partial charge is 0.313 e. The number of halogens is 1. The summed E-state index contributed by atoms with van der Waals surface area (Å²) in [4.78, 5) is 23.9. The third-order valence-electron chi connectivity index (χ3n) is 4.21. The van der Waals surface area contributed by atoms with E-state index in [-0.39, 0.29) is 18.1 Å². The standard InChI is InChI=1S/C16H18ClNO6S/c17-12-1-2-14-10(6-12)5-11(7-23-14)16(20)24-8-15(19)18-13-3-4-25(21,22)9-13/h1-2,6,11,13H,3-5,7-9H2,(H,18,19)/t11-,13-/m0/s1. The van der Waals surface area contributed by atoms with E-state index in [1.54, 1.807) is 18.2 Å². The topological polar surface area (TPSA) is 98.8 Å². The van der Waals surface area contributed by atoms with Crippen molar-refractivity contribution >= 4 is 33.3 Å². The van der Waals surface area contributed by atoms with Gasteiger partial charge >= 0.3 is 5.97 Å². The summed E-state index contributed by atoms with van der Waals surface area (Å²) in [7, 11) is -3.07. The third kappa shape index (κ3) is 4.64. The molecule has 1 saturated heterocycles. The summed E-state index contributed by atoms with van der Waals surface area (Å²) >= 11 is 5.94. The van der Waals surface area contributed by atoms with Gasteiger partial charge in [0.2, 0.25) is 0 Å². The van der Waals surface area contributed by atoms with Crippen molar-refractivity contribution in [1.82, 2.24) is 5.32 Å². The molecule has 2 aliphatic rings. The van der Waals surface area contributed by atoms with Gasteiger partial charge in [-0.25, -0.2) is 8.42 Å². The lowest BCUT2D eigenvalue weighted by atomic mass is 9.97. The molecule has 2 atom stereocenters. The predicted molar refractivity (Wildman–Crippen MR) is 90.3 cm³/mol. The van der Waals surface area contributed by atoms with Gasteiger partial charge in [0, 0.05) is 11.1 Å². The molecular weight excluding hydrogens is 370 g/mol. The van der Waals surface area contributed by atoms with Crippen LogP contribution in [0.5, 0.6) is 5.75 Å². The number of hydrogen-bond acceptors (Lipinski definition) is 6. The van der Waals surface area contributed by atoms with Crippen molar-refractivity contribution in [1.29, 1.82) is 0 Å². The number of esters is 1. The minimum atomic E-state index is -3.07. The second-order valence-electron chi connectivity index (χ2n) is 6.24. The maximum atomic E-state index is 12.1. The molecule has 0 spiro atoms. The van der Waals surface area contributed by atoms with Gasteiger partial charge in [-0.3, -0.25) is 9.59 Å². The van der Waals surface area contributed by atoms with Gasteiger partial charge in [-0.15, -0.1) is 0 Å². The fourth-order valence-electron chi connectivity index (χ4n) is 2.95. The van der Waals surface area contributed by atoms with Gasteiger partial charge in [0.05, 0.1) is 17.4 Å². The van der Waals surface area contributed by atoms with Crippen LogP contribution in [0.25, 0.3) is 0 Å². The minimum absolute atomic E-state index is 0.0686. The monoisotopic (exact) mass is 387 g/mol. The van der Waals surface area contributed by atoms with Crippen LogP contribution in [0, 0.1) is 5.92 Å². The van der Waals surface area contributed by atoms with Crippen molar-refractivity contribution in [3.05, 3.63) is 28.8 Å². The molecule has 1 aromatic carbocycles. The van der Waals surface area contributed by atoms with Crippen LogP contribution in [0.15, 0.2) is 18.2 Å². The summed E-state index contributed by atoms with van der Waals surface area (Å²) in [6.07, 6.45) is 0.813. The normalized spacial score (nSPS) is 24.0. The molecule has 3 rings (SSSR count). The average molecular weight is 388 g/mol. The number of amides is 1. The summed E-state index contributed by atoms with van der Waals surface area (Å²) in [5.41, 5.74) is 0.821. The van der Waals surface area contributed by atoms with Crippen molar-refractivity contribution in [2.75, 3.05) is 24.7 Å². The lowest BCUT2D eigenvalue weighted by Crippen LogP contribution is -2.39. The van der Waals surface area contributed by atoms with Crippen LogP contribution in [0.4, 0.5) is 0 Å². The zero-order chi connectivity index (χ0) is 18.0. The highest BCUT2D eigenvalue weighted by Crippen LogP contribution is 2.30. The third-order valence-corrected chi connectivity index (χ3v) is 6.21. The molecule has 2 aliphatic heterocycles. The number of ether oxygens (including phenoxy) is 2. The number of carbonyl (C=O) groups is 2. The molecule has 9 heteroatoms. The van der Waals surface area contributed by atoms with E-state index < -0.39 is 40.3 Å². The molecular formula is C16H18ClNO6S. The summed E-state index contributed by atoms with van der Waals surface area (Å²) in [5.74, 6) is -0.852. The zero-order valence-electron chi connectivity index (χ0n) is 13.4. The molecule has 25 heavy (non-hydrogen) atoms. The quantitative estimate of drug-likeness (QED) is 0.765. The van der Waals surface area contributed by atoms with E-state index in [0.717, 1.165) is 5.56 Å². The predicted octanol–water partition coefficient (Wildman–Crippen LogP) is 0.738. The Hall–Kier alpha value is -1.80. The van der Waals surface area contributed by atoms with Crippen LogP contribution in [-0.4, -0.2) is 51.1 Å². The number of nitrogens with one attached hydrogen (secondary N) is 1. The van der Waals surface area contributed by atoms with Gasteiger partial charge in [0.1, 0.15) is 12.4 Å². The van der Waals surface area contributed by atoms with Crippen LogP contribution < -0.4 is 10.1 Å². The molecule has 1 aromatic rings. The first-order valence-electron chi connectivity index (χ1n) is 7.90. The Morgan fingerprint density at radius 2 is 2.16 bits per heavy atom. The molecule has 0 unspecified atom stereocenters. The molecule has 1 amide bonds. The van der Waals surface area contributed by atoms with Crippen molar-refractivity contribution in [3.63, 3.8) is 0 Å². The first-order valence-corrected chi connectivity index (χ1v) is 10.1. The molecule has 0 aliphatic carbocycles. The summed E-state index contributed by atoms with van der Waals surface area (Å²) in [6.45, 7) is -0.260. The van der Waals surface area contributed by atoms with E-state index in [9.17, 15) is 18.0 Å². The van der Waals surface area contributed by atoms with Gasteiger partial charge in [-0.2, -0.15) is 0 Å². The van der Waals surface area contributed by atoms with E-state index in [1.165, 1.54) is 0 Å². The van der Waals surface area contributed by atoms with Crippen LogP contribution >= 0.6 is 11.6 Å². The lowest BCUT2D eigenvalue weighted by molar-refractivity contribution is -0.154. The average Bonchev–Trinajstić information content (AvgIpc) is 2.90. The van der Waals surface area contributed by atoms with E-state index in [1.807, 2.05) is 0 Å². The first-order chi connectivity index (χ1) is 11.8. The minimum Gasteiger partial charge on any atom is -0.492 e. The number of sulfone groups is 1. The van der Waals surface area contributed by atoms with Crippen molar-refractivity contribution in [2.24, 2.45) is 5.92 Å². The highest BCUT2D eigenvalue weighted by Gasteiger charge is 2.30. The Labute approximate surface area is 150 Å². The van der Waals surface area contributed by atoms with Gasteiger partial charge in [-0.05, 0) is 36.6 Å². The Bertz CT molecular complexity index is 794. The highest BCUT2D eigenvalue weighted by atomic mass is 35.5. The number of benzene rings is 1. The van der Waals surface area contributed by atoms with Gasteiger partial charge in [0.15, 0.2) is 16.4 Å². The highest BCUT2D eigenvalue weighted by molar-refractivity contribution is 7.91. The van der Waals surface area contributed by atoms with Crippen molar-refractivity contribution in [2.45, 2.75) is 18.9 Å². The van der Waals surface area contributed by atoms with E-state index in [4.69, 9.17) is 21.1 Å². The number of rotatable bonds is 4. The molecule has 0 aromatic heterocycles. The van der Waals surface area contributed by atoms with Crippen molar-refractivity contribution < 1.29 is 27.5 Å². The summed E-state index contributed by atoms with van der Waals surface area (Å²) in [6, 6.07) is 4.79. The van der Waals surface area contributed by atoms with Crippen LogP contribution in [0.3, 0.4) is 0 Å². The van der Waals surface area contributed by atoms with E-state index in [2.05, 4.69) is 5.32 Å². The molecule has 2 heterocycles. The lowest BCUT2D eigenvalue weighted by Gasteiger charge is -2.24. The van der Waals surface area contributed by atoms with Gasteiger partial charge in [-0.1, -0.05) is 11.6 Å². The molecule has 0 bridgehead atoms.